The van der Waals surface area contributed by atoms with E-state index >= 15 is 0 Å². The van der Waals surface area contributed by atoms with Crippen LogP contribution < -0.4 is 5.32 Å². The average molecular weight is 251 g/mol. The molecule has 3 nitrogen and oxygen atoms in total. The number of aliphatic hydroxyl groups is 1. The molecule has 0 spiro atoms. The van der Waals surface area contributed by atoms with Crippen molar-refractivity contribution in [3.05, 3.63) is 35.6 Å². The molecule has 2 N–H and O–H groups in total. The summed E-state index contributed by atoms with van der Waals surface area (Å²) in [6.07, 6.45) is 3.26. The summed E-state index contributed by atoms with van der Waals surface area (Å²) in [5.74, 6) is -0.581. The zero-order valence-electron chi connectivity index (χ0n) is 10.3. The summed E-state index contributed by atoms with van der Waals surface area (Å²) in [7, 11) is 0. The van der Waals surface area contributed by atoms with Gasteiger partial charge in [0.1, 0.15) is 11.4 Å². The highest BCUT2D eigenvalue weighted by atomic mass is 19.1. The summed E-state index contributed by atoms with van der Waals surface area (Å²) >= 11 is 0. The summed E-state index contributed by atoms with van der Waals surface area (Å²) < 4.78 is 13.3. The van der Waals surface area contributed by atoms with Gasteiger partial charge in [-0.05, 0) is 43.7 Å². The molecule has 18 heavy (non-hydrogen) atoms. The number of rotatable bonds is 4. The summed E-state index contributed by atoms with van der Waals surface area (Å²) in [5, 5.41) is 12.7. The Kier molecular flexibility index (Phi) is 3.97. The third-order valence-electron chi connectivity index (χ3n) is 3.49. The second-order valence-electron chi connectivity index (χ2n) is 4.84. The number of amides is 1. The van der Waals surface area contributed by atoms with E-state index in [0.717, 1.165) is 12.8 Å². The standard InChI is InChI=1S/C14H18FNO2/c15-12-6-2-1-5-11(12)7-10-16-13(17)14(18)8-3-4-9-14/h1-2,5-6,18H,3-4,7-10H2,(H,16,17). The van der Waals surface area contributed by atoms with Crippen molar-refractivity contribution in [2.45, 2.75) is 37.7 Å². The largest absolute Gasteiger partial charge is 0.380 e. The lowest BCUT2D eigenvalue weighted by Crippen LogP contribution is -2.45. The van der Waals surface area contributed by atoms with Crippen LogP contribution in [0, 0.1) is 5.82 Å². The minimum atomic E-state index is -1.20. The summed E-state index contributed by atoms with van der Waals surface area (Å²) in [4.78, 5) is 11.8. The van der Waals surface area contributed by atoms with Gasteiger partial charge >= 0.3 is 0 Å². The second-order valence-corrected chi connectivity index (χ2v) is 4.84. The molecule has 1 saturated carbocycles. The number of hydrogen-bond donors (Lipinski definition) is 2. The molecule has 0 heterocycles. The van der Waals surface area contributed by atoms with Crippen molar-refractivity contribution >= 4 is 5.91 Å². The molecule has 4 heteroatoms. The van der Waals surface area contributed by atoms with E-state index in [4.69, 9.17) is 0 Å². The van der Waals surface area contributed by atoms with E-state index < -0.39 is 5.60 Å². The van der Waals surface area contributed by atoms with E-state index in [-0.39, 0.29) is 11.7 Å². The predicted octanol–water partition coefficient (Wildman–Crippen LogP) is 1.79. The lowest BCUT2D eigenvalue weighted by molar-refractivity contribution is -0.139. The SMILES string of the molecule is O=C(NCCc1ccccc1F)C1(O)CCCC1. The monoisotopic (exact) mass is 251 g/mol. The molecular weight excluding hydrogens is 233 g/mol. The highest BCUT2D eigenvalue weighted by molar-refractivity contribution is 5.85. The Bertz CT molecular complexity index is 428. The highest BCUT2D eigenvalue weighted by Crippen LogP contribution is 2.29. The molecule has 1 amide bonds. The molecule has 98 valence electrons. The Labute approximate surface area is 106 Å². The maximum atomic E-state index is 13.3. The van der Waals surface area contributed by atoms with Gasteiger partial charge in [0.15, 0.2) is 0 Å². The highest BCUT2D eigenvalue weighted by Gasteiger charge is 2.38. The first-order chi connectivity index (χ1) is 8.62. The number of halogens is 1. The number of hydrogen-bond acceptors (Lipinski definition) is 2. The molecule has 0 aliphatic heterocycles. The Morgan fingerprint density at radius 2 is 2.00 bits per heavy atom. The van der Waals surface area contributed by atoms with Gasteiger partial charge in [-0.2, -0.15) is 0 Å². The van der Waals surface area contributed by atoms with Gasteiger partial charge < -0.3 is 10.4 Å². The summed E-state index contributed by atoms with van der Waals surface area (Å²) in [6.45, 7) is 0.349. The van der Waals surface area contributed by atoms with Crippen molar-refractivity contribution in [2.24, 2.45) is 0 Å². The molecule has 1 aliphatic rings. The maximum absolute atomic E-state index is 13.3. The number of carbonyl (C=O) groups excluding carboxylic acids is 1. The normalized spacial score (nSPS) is 17.7. The zero-order valence-corrected chi connectivity index (χ0v) is 10.3. The fourth-order valence-corrected chi connectivity index (χ4v) is 2.36. The van der Waals surface area contributed by atoms with E-state index in [2.05, 4.69) is 5.32 Å². The minimum absolute atomic E-state index is 0.258. The molecule has 0 saturated heterocycles. The van der Waals surface area contributed by atoms with Gasteiger partial charge in [-0.1, -0.05) is 18.2 Å². The van der Waals surface area contributed by atoms with Gasteiger partial charge in [-0.3, -0.25) is 4.79 Å². The third kappa shape index (κ3) is 2.88. The lowest BCUT2D eigenvalue weighted by atomic mass is 10.0. The Hall–Kier alpha value is -1.42. The molecule has 0 radical (unpaired) electrons. The van der Waals surface area contributed by atoms with Gasteiger partial charge in [0.25, 0.3) is 5.91 Å². The van der Waals surface area contributed by atoms with Gasteiger partial charge in [0.2, 0.25) is 0 Å². The molecule has 0 aromatic heterocycles. The molecule has 0 bridgehead atoms. The Morgan fingerprint density at radius 3 is 2.67 bits per heavy atom. The Morgan fingerprint density at radius 1 is 1.33 bits per heavy atom. The van der Waals surface area contributed by atoms with E-state index in [9.17, 15) is 14.3 Å². The van der Waals surface area contributed by atoms with E-state index in [0.29, 0.717) is 31.4 Å². The zero-order chi connectivity index (χ0) is 13.0. The first-order valence-corrected chi connectivity index (χ1v) is 6.36. The fraction of sp³-hybridized carbons (Fsp3) is 0.500. The van der Waals surface area contributed by atoms with Crippen molar-refractivity contribution in [1.82, 2.24) is 5.32 Å². The summed E-state index contributed by atoms with van der Waals surface area (Å²) in [6, 6.07) is 6.51. The van der Waals surface area contributed by atoms with E-state index in [1.807, 2.05) is 0 Å². The molecule has 1 aromatic carbocycles. The van der Waals surface area contributed by atoms with Crippen molar-refractivity contribution in [2.75, 3.05) is 6.54 Å². The van der Waals surface area contributed by atoms with Gasteiger partial charge in [-0.25, -0.2) is 4.39 Å². The van der Waals surface area contributed by atoms with Gasteiger partial charge in [0, 0.05) is 6.54 Å². The first kappa shape index (κ1) is 13.0. The first-order valence-electron chi connectivity index (χ1n) is 6.36. The van der Waals surface area contributed by atoms with Crippen molar-refractivity contribution < 1.29 is 14.3 Å². The van der Waals surface area contributed by atoms with Crippen LogP contribution in [0.25, 0.3) is 0 Å². The van der Waals surface area contributed by atoms with Crippen molar-refractivity contribution in [1.29, 1.82) is 0 Å². The molecule has 0 atom stereocenters. The average Bonchev–Trinajstić information content (AvgIpc) is 2.80. The molecule has 1 aromatic rings. The Balaban J connectivity index is 1.82. The fourth-order valence-electron chi connectivity index (χ4n) is 2.36. The molecule has 2 rings (SSSR count). The topological polar surface area (TPSA) is 49.3 Å². The van der Waals surface area contributed by atoms with Crippen LogP contribution in [0.2, 0.25) is 0 Å². The summed E-state index contributed by atoms with van der Waals surface area (Å²) in [5.41, 5.74) is -0.619. The minimum Gasteiger partial charge on any atom is -0.380 e. The third-order valence-corrected chi connectivity index (χ3v) is 3.49. The van der Waals surface area contributed by atoms with E-state index in [1.165, 1.54) is 6.07 Å². The molecule has 1 aliphatic carbocycles. The van der Waals surface area contributed by atoms with Crippen molar-refractivity contribution in [3.8, 4) is 0 Å². The van der Waals surface area contributed by atoms with Crippen LogP contribution in [0.1, 0.15) is 31.2 Å². The smallest absolute Gasteiger partial charge is 0.251 e. The maximum Gasteiger partial charge on any atom is 0.251 e. The molecular formula is C14H18FNO2. The van der Waals surface area contributed by atoms with Crippen LogP contribution in [0.4, 0.5) is 4.39 Å². The van der Waals surface area contributed by atoms with Crippen molar-refractivity contribution in [3.63, 3.8) is 0 Å². The second kappa shape index (κ2) is 5.48. The number of carbonyl (C=O) groups is 1. The van der Waals surface area contributed by atoms with Gasteiger partial charge in [-0.15, -0.1) is 0 Å². The predicted molar refractivity (Wildman–Crippen MR) is 66.5 cm³/mol. The van der Waals surface area contributed by atoms with Gasteiger partial charge in [0.05, 0.1) is 0 Å². The quantitative estimate of drug-likeness (QED) is 0.857. The van der Waals surface area contributed by atoms with Crippen LogP contribution in [0.15, 0.2) is 24.3 Å². The van der Waals surface area contributed by atoms with Crippen LogP contribution >= 0.6 is 0 Å². The number of nitrogens with one attached hydrogen (secondary N) is 1. The van der Waals surface area contributed by atoms with Crippen LogP contribution in [0.3, 0.4) is 0 Å². The molecule has 1 fully saturated rings. The molecule has 0 unspecified atom stereocenters. The van der Waals surface area contributed by atoms with E-state index in [1.54, 1.807) is 18.2 Å². The van der Waals surface area contributed by atoms with Crippen LogP contribution in [-0.2, 0) is 11.2 Å². The lowest BCUT2D eigenvalue weighted by Gasteiger charge is -2.20. The van der Waals surface area contributed by atoms with Crippen LogP contribution in [0.5, 0.6) is 0 Å². The van der Waals surface area contributed by atoms with Crippen LogP contribution in [-0.4, -0.2) is 23.2 Å². The number of benzene rings is 1.